The zero-order chi connectivity index (χ0) is 15.4. The van der Waals surface area contributed by atoms with E-state index in [4.69, 9.17) is 9.90 Å². The summed E-state index contributed by atoms with van der Waals surface area (Å²) in [4.78, 5) is 11.5. The van der Waals surface area contributed by atoms with E-state index >= 15 is 0 Å². The number of benzene rings is 1. The zero-order valence-corrected chi connectivity index (χ0v) is 13.3. The molecule has 0 saturated carbocycles. The Bertz CT molecular complexity index is 347. The molecule has 0 aliphatic carbocycles. The molecule has 1 N–H and O–H groups in total. The number of nitrogens with zero attached hydrogens (tertiary/aromatic N) is 1. The molecule has 2 rings (SSSR count). The number of carboxylic acids is 1. The van der Waals surface area contributed by atoms with Crippen LogP contribution in [-0.2, 0) is 4.79 Å². The molecule has 1 aromatic rings. The van der Waals surface area contributed by atoms with E-state index in [9.17, 15) is 0 Å². The maximum atomic E-state index is 9.00. The van der Waals surface area contributed by atoms with Gasteiger partial charge in [-0.3, -0.25) is 4.79 Å². The predicted octanol–water partition coefficient (Wildman–Crippen LogP) is 4.43. The van der Waals surface area contributed by atoms with Crippen molar-refractivity contribution in [3.8, 4) is 0 Å². The molecule has 0 amide bonds. The maximum Gasteiger partial charge on any atom is 0.300 e. The van der Waals surface area contributed by atoms with Gasteiger partial charge in [0.15, 0.2) is 0 Å². The van der Waals surface area contributed by atoms with Crippen molar-refractivity contribution in [1.29, 1.82) is 0 Å². The Morgan fingerprint density at radius 3 is 2.35 bits per heavy atom. The van der Waals surface area contributed by atoms with Gasteiger partial charge in [0.05, 0.1) is 0 Å². The van der Waals surface area contributed by atoms with Crippen LogP contribution in [0.2, 0.25) is 0 Å². The molecule has 114 valence electrons. The van der Waals surface area contributed by atoms with Crippen molar-refractivity contribution in [3.05, 3.63) is 30.3 Å². The summed E-state index contributed by atoms with van der Waals surface area (Å²) in [5.74, 6) is 0.0731. The lowest BCUT2D eigenvalue weighted by molar-refractivity contribution is -0.134. The van der Waals surface area contributed by atoms with Crippen molar-refractivity contribution >= 4 is 11.7 Å². The van der Waals surface area contributed by atoms with Crippen LogP contribution in [0.15, 0.2) is 30.3 Å². The van der Waals surface area contributed by atoms with Gasteiger partial charge in [-0.1, -0.05) is 45.4 Å². The Hall–Kier alpha value is -1.51. The number of para-hydroxylation sites is 1. The molecular weight excluding hydrogens is 250 g/mol. The first kappa shape index (κ1) is 18.5. The second-order valence-corrected chi connectivity index (χ2v) is 4.72. The monoisotopic (exact) mass is 279 g/mol. The van der Waals surface area contributed by atoms with Crippen LogP contribution in [0.4, 0.5) is 5.69 Å². The molecule has 1 heterocycles. The number of rotatable bonds is 2. The van der Waals surface area contributed by atoms with Crippen molar-refractivity contribution in [1.82, 2.24) is 0 Å². The molecule has 1 aromatic carbocycles. The molecule has 1 aliphatic heterocycles. The highest BCUT2D eigenvalue weighted by molar-refractivity contribution is 5.62. The summed E-state index contributed by atoms with van der Waals surface area (Å²) in [7, 11) is 0. The summed E-state index contributed by atoms with van der Waals surface area (Å²) in [6.07, 6.45) is 4.09. The van der Waals surface area contributed by atoms with Crippen LogP contribution in [0.3, 0.4) is 0 Å². The Morgan fingerprint density at radius 1 is 1.30 bits per heavy atom. The van der Waals surface area contributed by atoms with Gasteiger partial charge < -0.3 is 10.0 Å². The molecule has 1 aliphatic rings. The molecule has 0 spiro atoms. The Balaban J connectivity index is 0.000000521. The number of carbonyl (C=O) groups is 1. The van der Waals surface area contributed by atoms with Crippen LogP contribution >= 0.6 is 0 Å². The van der Waals surface area contributed by atoms with Crippen molar-refractivity contribution in [2.45, 2.75) is 47.0 Å². The SMILES string of the molecule is CC.CC(=O)O.CCC1CCCN(c2ccccc2)C1. The number of piperidine rings is 1. The third kappa shape index (κ3) is 7.82. The second kappa shape index (κ2) is 11.3. The number of anilines is 1. The average Bonchev–Trinajstić information content (AvgIpc) is 2.50. The molecule has 1 fully saturated rings. The predicted molar refractivity (Wildman–Crippen MR) is 86.3 cm³/mol. The van der Waals surface area contributed by atoms with Crippen LogP contribution < -0.4 is 4.90 Å². The minimum Gasteiger partial charge on any atom is -0.481 e. The first-order valence-corrected chi connectivity index (χ1v) is 7.63. The Labute approximate surface area is 123 Å². The minimum atomic E-state index is -0.833. The number of hydrogen-bond acceptors (Lipinski definition) is 2. The lowest BCUT2D eigenvalue weighted by atomic mass is 9.95. The molecular formula is C17H29NO2. The lowest BCUT2D eigenvalue weighted by Crippen LogP contribution is -2.35. The fraction of sp³-hybridized carbons (Fsp3) is 0.588. The van der Waals surface area contributed by atoms with Crippen molar-refractivity contribution in [2.75, 3.05) is 18.0 Å². The van der Waals surface area contributed by atoms with Gasteiger partial charge in [-0.15, -0.1) is 0 Å². The number of carboxylic acid groups (broad SMARTS) is 1. The molecule has 1 unspecified atom stereocenters. The third-order valence-corrected chi connectivity index (χ3v) is 3.22. The average molecular weight is 279 g/mol. The van der Waals surface area contributed by atoms with Crippen molar-refractivity contribution < 1.29 is 9.90 Å². The standard InChI is InChI=1S/C13H19N.C2H4O2.C2H6/c1-2-12-7-6-10-14(11-12)13-8-4-3-5-9-13;1-2(3)4;1-2/h3-5,8-9,12H,2,6-7,10-11H2,1H3;1H3,(H,3,4);1-2H3. The van der Waals surface area contributed by atoms with Gasteiger partial charge in [0.2, 0.25) is 0 Å². The van der Waals surface area contributed by atoms with Gasteiger partial charge >= 0.3 is 0 Å². The molecule has 3 nitrogen and oxygen atoms in total. The highest BCUT2D eigenvalue weighted by Gasteiger charge is 2.17. The molecule has 0 radical (unpaired) electrons. The van der Waals surface area contributed by atoms with E-state index in [1.807, 2.05) is 13.8 Å². The van der Waals surface area contributed by atoms with Gasteiger partial charge in [-0.2, -0.15) is 0 Å². The molecule has 1 saturated heterocycles. The first-order chi connectivity index (χ1) is 9.63. The van der Waals surface area contributed by atoms with Crippen LogP contribution in [-0.4, -0.2) is 24.2 Å². The molecule has 3 heteroatoms. The molecule has 0 bridgehead atoms. The van der Waals surface area contributed by atoms with E-state index in [1.165, 1.54) is 38.0 Å². The van der Waals surface area contributed by atoms with Gasteiger partial charge in [-0.05, 0) is 30.9 Å². The van der Waals surface area contributed by atoms with E-state index in [2.05, 4.69) is 42.2 Å². The summed E-state index contributed by atoms with van der Waals surface area (Å²) in [5, 5.41) is 7.42. The number of aliphatic carboxylic acids is 1. The third-order valence-electron chi connectivity index (χ3n) is 3.22. The van der Waals surface area contributed by atoms with E-state index < -0.39 is 5.97 Å². The van der Waals surface area contributed by atoms with E-state index in [0.29, 0.717) is 0 Å². The molecule has 0 aromatic heterocycles. The van der Waals surface area contributed by atoms with Gasteiger partial charge in [0.1, 0.15) is 0 Å². The fourth-order valence-electron chi connectivity index (χ4n) is 2.27. The van der Waals surface area contributed by atoms with Crippen molar-refractivity contribution in [2.24, 2.45) is 5.92 Å². The summed E-state index contributed by atoms with van der Waals surface area (Å²) in [5.41, 5.74) is 1.39. The minimum absolute atomic E-state index is 0.833. The van der Waals surface area contributed by atoms with Gasteiger partial charge in [0.25, 0.3) is 5.97 Å². The molecule has 20 heavy (non-hydrogen) atoms. The second-order valence-electron chi connectivity index (χ2n) is 4.72. The highest BCUT2D eigenvalue weighted by Crippen LogP contribution is 2.24. The van der Waals surface area contributed by atoms with Gasteiger partial charge in [0, 0.05) is 25.7 Å². The fourth-order valence-corrected chi connectivity index (χ4v) is 2.27. The summed E-state index contributed by atoms with van der Waals surface area (Å²) in [6.45, 7) is 9.88. The summed E-state index contributed by atoms with van der Waals surface area (Å²) < 4.78 is 0. The summed E-state index contributed by atoms with van der Waals surface area (Å²) >= 11 is 0. The normalized spacial score (nSPS) is 17.2. The maximum absolute atomic E-state index is 9.00. The van der Waals surface area contributed by atoms with Crippen LogP contribution in [0.5, 0.6) is 0 Å². The summed E-state index contributed by atoms with van der Waals surface area (Å²) in [6, 6.07) is 10.8. The number of hydrogen-bond donors (Lipinski definition) is 1. The Kier molecular flexibility index (Phi) is 10.5. The first-order valence-electron chi connectivity index (χ1n) is 7.63. The van der Waals surface area contributed by atoms with Gasteiger partial charge in [-0.25, -0.2) is 0 Å². The lowest BCUT2D eigenvalue weighted by Gasteiger charge is -2.34. The van der Waals surface area contributed by atoms with Crippen LogP contribution in [0, 0.1) is 5.92 Å². The topological polar surface area (TPSA) is 40.5 Å². The zero-order valence-electron chi connectivity index (χ0n) is 13.3. The van der Waals surface area contributed by atoms with E-state index in [-0.39, 0.29) is 0 Å². The van der Waals surface area contributed by atoms with Crippen LogP contribution in [0.1, 0.15) is 47.0 Å². The highest BCUT2D eigenvalue weighted by atomic mass is 16.4. The van der Waals surface area contributed by atoms with E-state index in [1.54, 1.807) is 0 Å². The van der Waals surface area contributed by atoms with Crippen LogP contribution in [0.25, 0.3) is 0 Å². The quantitative estimate of drug-likeness (QED) is 0.870. The molecule has 1 atom stereocenters. The smallest absolute Gasteiger partial charge is 0.300 e. The largest absolute Gasteiger partial charge is 0.481 e. The van der Waals surface area contributed by atoms with E-state index in [0.717, 1.165) is 12.8 Å². The Morgan fingerprint density at radius 2 is 1.85 bits per heavy atom. The van der Waals surface area contributed by atoms with Crippen molar-refractivity contribution in [3.63, 3.8) is 0 Å².